The van der Waals surface area contributed by atoms with E-state index in [9.17, 15) is 0 Å². The van der Waals surface area contributed by atoms with Gasteiger partial charge in [0.1, 0.15) is 0 Å². The first kappa shape index (κ1) is 12.8. The normalized spacial score (nSPS) is 10.9. The van der Waals surface area contributed by atoms with E-state index in [1.54, 1.807) is 0 Å². The van der Waals surface area contributed by atoms with E-state index in [1.807, 2.05) is 0 Å². The molecule has 0 aliphatic carbocycles. The summed E-state index contributed by atoms with van der Waals surface area (Å²) < 4.78 is 7.43. The maximum atomic E-state index is 6.07. The van der Waals surface area contributed by atoms with Crippen LogP contribution in [-0.2, 0) is 0 Å². The van der Waals surface area contributed by atoms with Crippen LogP contribution in [0.15, 0.2) is 81.6 Å². The number of benzene rings is 3. The van der Waals surface area contributed by atoms with Crippen LogP contribution >= 0.6 is 0 Å². The van der Waals surface area contributed by atoms with Crippen LogP contribution in [0.3, 0.4) is 0 Å². The van der Waals surface area contributed by atoms with Crippen LogP contribution in [0.25, 0.3) is 31.2 Å². The van der Waals surface area contributed by atoms with Crippen molar-refractivity contribution in [1.29, 1.82) is 0 Å². The molecule has 2 heteroatoms. The molecule has 0 saturated heterocycles. The summed E-state index contributed by atoms with van der Waals surface area (Å²) in [4.78, 5) is 0. The molecular weight excluding hydrogens is 372 g/mol. The van der Waals surface area contributed by atoms with E-state index >= 15 is 0 Å². The van der Waals surface area contributed by atoms with Gasteiger partial charge in [0.15, 0.2) is 0 Å². The van der Waals surface area contributed by atoms with E-state index in [-0.39, 0.29) is 0 Å². The van der Waals surface area contributed by atoms with Gasteiger partial charge in [0, 0.05) is 0 Å². The van der Waals surface area contributed by atoms with Gasteiger partial charge in [-0.2, -0.15) is 0 Å². The van der Waals surface area contributed by atoms with Crippen molar-refractivity contribution in [3.05, 3.63) is 78.9 Å². The van der Waals surface area contributed by atoms with Crippen LogP contribution in [0, 0.1) is 0 Å². The Labute approximate surface area is 133 Å². The fourth-order valence-electron chi connectivity index (χ4n) is 2.55. The first-order valence-electron chi connectivity index (χ1n) is 6.88. The van der Waals surface area contributed by atoms with Gasteiger partial charge in [-0.15, -0.1) is 0 Å². The molecule has 21 heavy (non-hydrogen) atoms. The van der Waals surface area contributed by atoms with Crippen LogP contribution < -0.4 is 0 Å². The average Bonchev–Trinajstić information content (AvgIpc) is 3.05. The van der Waals surface area contributed by atoms with Crippen molar-refractivity contribution >= 4 is 31.6 Å². The Morgan fingerprint density at radius 3 is 2.38 bits per heavy atom. The second-order valence-electron chi connectivity index (χ2n) is 4.93. The third-order valence-corrected chi connectivity index (χ3v) is 5.87. The van der Waals surface area contributed by atoms with Crippen LogP contribution in [0.1, 0.15) is 0 Å². The van der Waals surface area contributed by atoms with Crippen molar-refractivity contribution in [2.24, 2.45) is 0 Å². The van der Waals surface area contributed by atoms with Crippen LogP contribution in [-0.4, -0.2) is 20.9 Å². The van der Waals surface area contributed by atoms with Crippen molar-refractivity contribution in [1.82, 2.24) is 0 Å². The zero-order chi connectivity index (χ0) is 14.1. The first-order chi connectivity index (χ1) is 10.4. The van der Waals surface area contributed by atoms with Crippen molar-refractivity contribution in [2.75, 3.05) is 0 Å². The van der Waals surface area contributed by atoms with Crippen LogP contribution in [0.2, 0.25) is 0 Å². The number of hydrogen-bond donors (Lipinski definition) is 0. The molecule has 0 aliphatic heterocycles. The Kier molecular flexibility index (Phi) is 3.35. The van der Waals surface area contributed by atoms with E-state index < -0.39 is 20.9 Å². The van der Waals surface area contributed by atoms with Crippen molar-refractivity contribution in [3.63, 3.8) is 0 Å². The number of fused-ring (bicyclic) bond motifs is 1. The van der Waals surface area contributed by atoms with E-state index in [2.05, 4.69) is 78.9 Å². The summed E-state index contributed by atoms with van der Waals surface area (Å²) >= 11 is -0.590. The van der Waals surface area contributed by atoms with Crippen molar-refractivity contribution in [2.45, 2.75) is 0 Å². The summed E-state index contributed by atoms with van der Waals surface area (Å²) in [5, 5.41) is 2.52. The molecule has 1 nitrogen and oxygen atoms in total. The Morgan fingerprint density at radius 2 is 1.48 bits per heavy atom. The Bertz CT molecular complexity index is 888. The van der Waals surface area contributed by atoms with Crippen molar-refractivity contribution < 1.29 is 2.76 Å². The second kappa shape index (κ2) is 5.48. The predicted octanol–water partition coefficient (Wildman–Crippen LogP) is 5.10. The minimum atomic E-state index is -0.590. The molecule has 0 amide bonds. The van der Waals surface area contributed by atoms with Gasteiger partial charge < -0.3 is 0 Å². The molecule has 0 saturated carbocycles. The zero-order valence-corrected chi connectivity index (χ0v) is 13.7. The third-order valence-electron chi connectivity index (χ3n) is 3.60. The molecule has 0 atom stereocenters. The van der Waals surface area contributed by atoms with Gasteiger partial charge in [-0.25, -0.2) is 0 Å². The summed E-state index contributed by atoms with van der Waals surface area (Å²) in [6, 6.07) is 27.6. The quantitative estimate of drug-likeness (QED) is 0.345. The van der Waals surface area contributed by atoms with Gasteiger partial charge >= 0.3 is 134 Å². The molecule has 1 heterocycles. The maximum absolute atomic E-state index is 6.07. The topological polar surface area (TPSA) is 11.3 Å². The Morgan fingerprint density at radius 1 is 0.714 bits per heavy atom. The molecule has 0 bridgehead atoms. The van der Waals surface area contributed by atoms with E-state index in [4.69, 9.17) is 2.76 Å². The fourth-order valence-corrected chi connectivity index (χ4v) is 4.57. The molecule has 3 aromatic carbocycles. The summed E-state index contributed by atoms with van der Waals surface area (Å²) in [6.07, 6.45) is 0. The molecule has 0 spiro atoms. The summed E-state index contributed by atoms with van der Waals surface area (Å²) in [7, 11) is 0. The van der Waals surface area contributed by atoms with Gasteiger partial charge in [-0.3, -0.25) is 0 Å². The SMILES string of the molecule is c1ccc(-c2cc(-c3cccc4ccccc34)[o+][te]2)cc1. The van der Waals surface area contributed by atoms with Crippen LogP contribution in [0.5, 0.6) is 0 Å². The second-order valence-corrected chi connectivity index (χ2v) is 7.14. The molecule has 0 fully saturated rings. The van der Waals surface area contributed by atoms with Gasteiger partial charge in [0.2, 0.25) is 0 Å². The van der Waals surface area contributed by atoms with E-state index in [1.165, 1.54) is 25.5 Å². The van der Waals surface area contributed by atoms with Crippen molar-refractivity contribution in [3.8, 4) is 20.5 Å². The molecule has 0 N–H and O–H groups in total. The van der Waals surface area contributed by atoms with Gasteiger partial charge in [-0.05, 0) is 0 Å². The fraction of sp³-hybridized carbons (Fsp3) is 0. The summed E-state index contributed by atoms with van der Waals surface area (Å²) in [5.74, 6) is 1.02. The summed E-state index contributed by atoms with van der Waals surface area (Å²) in [5.41, 5.74) is 2.49. The monoisotopic (exact) mass is 387 g/mol. The van der Waals surface area contributed by atoms with Gasteiger partial charge in [-0.1, -0.05) is 0 Å². The molecular formula is C19H13OTe+. The molecule has 4 aromatic rings. The van der Waals surface area contributed by atoms with E-state index in [0.29, 0.717) is 0 Å². The molecule has 4 rings (SSSR count). The Hall–Kier alpha value is -1.88. The van der Waals surface area contributed by atoms with Gasteiger partial charge in [0.05, 0.1) is 0 Å². The molecule has 0 radical (unpaired) electrons. The minimum absolute atomic E-state index is 0.590. The molecule has 1 aromatic heterocycles. The first-order valence-corrected chi connectivity index (χ1v) is 9.00. The third kappa shape index (κ3) is 2.42. The molecule has 0 unspecified atom stereocenters. The number of hydrogen-bond acceptors (Lipinski definition) is 0. The number of rotatable bonds is 2. The standard InChI is InChI=1S/C19H13OTe/c1-2-8-15(9-3-1)19-13-18(20-21-19)17-12-6-10-14-7-4-5-11-16(14)17/h1-13H/q+1. The predicted molar refractivity (Wildman–Crippen MR) is 88.4 cm³/mol. The van der Waals surface area contributed by atoms with Crippen LogP contribution in [0.4, 0.5) is 0 Å². The molecule has 100 valence electrons. The van der Waals surface area contributed by atoms with E-state index in [0.717, 1.165) is 5.76 Å². The summed E-state index contributed by atoms with van der Waals surface area (Å²) in [6.45, 7) is 0. The van der Waals surface area contributed by atoms with Gasteiger partial charge in [0.25, 0.3) is 0 Å². The molecule has 0 aliphatic rings. The zero-order valence-electron chi connectivity index (χ0n) is 11.3. The Balaban J connectivity index is 1.85. The average molecular weight is 385 g/mol.